The summed E-state index contributed by atoms with van der Waals surface area (Å²) < 4.78 is 0. The number of para-hydroxylation sites is 2. The van der Waals surface area contributed by atoms with E-state index in [1.807, 2.05) is 11.8 Å². The number of benzene rings is 1. The SMILES string of the molecule is CC1CC2=C(S1)N(C)c1ccccc1N=C2N1CCN(C)CC1. The van der Waals surface area contributed by atoms with Gasteiger partial charge in [-0.25, -0.2) is 4.99 Å². The molecular weight excluding hydrogens is 304 g/mol. The maximum atomic E-state index is 5.13. The molecule has 5 heteroatoms. The minimum absolute atomic E-state index is 0.630. The molecule has 0 spiro atoms. The lowest BCUT2D eigenvalue weighted by molar-refractivity contribution is 0.215. The Kier molecular flexibility index (Phi) is 3.85. The van der Waals surface area contributed by atoms with Crippen LogP contribution in [-0.2, 0) is 0 Å². The Labute approximate surface area is 142 Å². The molecule has 1 aromatic carbocycles. The van der Waals surface area contributed by atoms with Crippen LogP contribution in [0.2, 0.25) is 0 Å². The van der Waals surface area contributed by atoms with E-state index in [1.165, 1.54) is 22.1 Å². The molecule has 3 heterocycles. The minimum atomic E-state index is 0.630. The average molecular weight is 328 g/mol. The highest BCUT2D eigenvalue weighted by Crippen LogP contribution is 2.46. The number of aliphatic imine (C=N–C) groups is 1. The first-order chi connectivity index (χ1) is 11.1. The van der Waals surface area contributed by atoms with Gasteiger partial charge in [-0.15, -0.1) is 11.8 Å². The zero-order valence-electron chi connectivity index (χ0n) is 14.1. The van der Waals surface area contributed by atoms with Crippen LogP contribution in [0.15, 0.2) is 39.9 Å². The van der Waals surface area contributed by atoms with Crippen LogP contribution in [0.3, 0.4) is 0 Å². The van der Waals surface area contributed by atoms with Crippen molar-refractivity contribution in [1.29, 1.82) is 0 Å². The first-order valence-electron chi connectivity index (χ1n) is 8.38. The molecule has 0 saturated carbocycles. The van der Waals surface area contributed by atoms with Crippen LogP contribution in [0, 0.1) is 0 Å². The van der Waals surface area contributed by atoms with Crippen molar-refractivity contribution in [2.45, 2.75) is 18.6 Å². The van der Waals surface area contributed by atoms with Gasteiger partial charge in [0.05, 0.1) is 16.4 Å². The number of rotatable bonds is 0. The highest BCUT2D eigenvalue weighted by atomic mass is 32.2. The second kappa shape index (κ2) is 5.87. The zero-order valence-corrected chi connectivity index (χ0v) is 14.9. The van der Waals surface area contributed by atoms with E-state index in [-0.39, 0.29) is 0 Å². The first kappa shape index (κ1) is 15.1. The summed E-state index contributed by atoms with van der Waals surface area (Å²) in [5.74, 6) is 1.21. The smallest absolute Gasteiger partial charge is 0.135 e. The van der Waals surface area contributed by atoms with Crippen LogP contribution >= 0.6 is 11.8 Å². The maximum Gasteiger partial charge on any atom is 0.135 e. The molecule has 0 radical (unpaired) electrons. The van der Waals surface area contributed by atoms with Gasteiger partial charge in [-0.1, -0.05) is 19.1 Å². The molecule has 0 amide bonds. The number of amidine groups is 1. The summed E-state index contributed by atoms with van der Waals surface area (Å²) in [6.45, 7) is 6.68. The third-order valence-corrected chi connectivity index (χ3v) is 6.22. The Hall–Kier alpha value is -1.46. The van der Waals surface area contributed by atoms with Gasteiger partial charge in [-0.2, -0.15) is 0 Å². The Bertz CT molecular complexity index is 673. The van der Waals surface area contributed by atoms with Crippen molar-refractivity contribution in [3.05, 3.63) is 34.9 Å². The topological polar surface area (TPSA) is 22.1 Å². The number of likely N-dealkylation sites (N-methyl/N-ethyl adjacent to an activating group) is 1. The largest absolute Gasteiger partial charge is 0.354 e. The first-order valence-corrected chi connectivity index (χ1v) is 9.26. The van der Waals surface area contributed by atoms with Crippen LogP contribution in [0.4, 0.5) is 11.4 Å². The minimum Gasteiger partial charge on any atom is -0.354 e. The molecule has 1 atom stereocenters. The lowest BCUT2D eigenvalue weighted by Crippen LogP contribution is -2.47. The van der Waals surface area contributed by atoms with E-state index in [9.17, 15) is 0 Å². The van der Waals surface area contributed by atoms with E-state index in [1.54, 1.807) is 0 Å². The van der Waals surface area contributed by atoms with E-state index in [4.69, 9.17) is 4.99 Å². The average Bonchev–Trinajstić information content (AvgIpc) is 2.90. The number of thioether (sulfide) groups is 1. The van der Waals surface area contributed by atoms with Crippen LogP contribution in [0.25, 0.3) is 0 Å². The van der Waals surface area contributed by atoms with E-state index in [2.05, 4.69) is 60.0 Å². The Morgan fingerprint density at radius 2 is 1.83 bits per heavy atom. The summed E-state index contributed by atoms with van der Waals surface area (Å²) in [7, 11) is 4.38. The van der Waals surface area contributed by atoms with E-state index in [0.29, 0.717) is 5.25 Å². The third-order valence-electron chi connectivity index (χ3n) is 4.91. The fourth-order valence-electron chi connectivity index (χ4n) is 3.56. The molecule has 1 saturated heterocycles. The van der Waals surface area contributed by atoms with Gasteiger partial charge in [-0.05, 0) is 25.6 Å². The fraction of sp³-hybridized carbons (Fsp3) is 0.500. The summed E-state index contributed by atoms with van der Waals surface area (Å²) in [6, 6.07) is 8.51. The van der Waals surface area contributed by atoms with Crippen molar-refractivity contribution >= 4 is 29.0 Å². The predicted molar refractivity (Wildman–Crippen MR) is 99.7 cm³/mol. The standard InChI is InChI=1S/C18H24N4S/c1-13-12-14-17(22-10-8-20(2)9-11-22)19-15-6-4-5-7-16(15)21(3)18(14)23-13/h4-7,13H,8-12H2,1-3H3. The summed E-state index contributed by atoms with van der Waals surface area (Å²) in [5, 5.41) is 2.02. The van der Waals surface area contributed by atoms with Gasteiger partial charge in [-0.3, -0.25) is 0 Å². The highest BCUT2D eigenvalue weighted by molar-refractivity contribution is 8.04. The Morgan fingerprint density at radius 3 is 2.61 bits per heavy atom. The summed E-state index contributed by atoms with van der Waals surface area (Å²) in [5.41, 5.74) is 3.74. The third kappa shape index (κ3) is 2.66. The number of anilines is 1. The van der Waals surface area contributed by atoms with Gasteiger partial charge >= 0.3 is 0 Å². The molecule has 3 aliphatic rings. The lowest BCUT2D eigenvalue weighted by Gasteiger charge is -2.35. The van der Waals surface area contributed by atoms with Crippen molar-refractivity contribution in [1.82, 2.24) is 9.80 Å². The number of nitrogens with zero attached hydrogens (tertiary/aromatic N) is 4. The number of hydrogen-bond donors (Lipinski definition) is 0. The van der Waals surface area contributed by atoms with Crippen molar-refractivity contribution in [2.24, 2.45) is 4.99 Å². The molecule has 1 aromatic rings. The normalized spacial score (nSPS) is 25.2. The second-order valence-electron chi connectivity index (χ2n) is 6.69. The van der Waals surface area contributed by atoms with Crippen LogP contribution in [-0.4, -0.2) is 61.2 Å². The number of fused-ring (bicyclic) bond motifs is 1. The van der Waals surface area contributed by atoms with Gasteiger partial charge in [0.2, 0.25) is 0 Å². The van der Waals surface area contributed by atoms with Crippen LogP contribution in [0.1, 0.15) is 13.3 Å². The van der Waals surface area contributed by atoms with E-state index in [0.717, 1.165) is 38.3 Å². The van der Waals surface area contributed by atoms with Crippen molar-refractivity contribution < 1.29 is 0 Å². The van der Waals surface area contributed by atoms with Gasteiger partial charge < -0.3 is 14.7 Å². The number of piperazine rings is 1. The van der Waals surface area contributed by atoms with Gasteiger partial charge in [0.1, 0.15) is 5.84 Å². The maximum absolute atomic E-state index is 5.13. The molecule has 4 rings (SSSR count). The Balaban J connectivity index is 1.79. The molecule has 4 nitrogen and oxygen atoms in total. The quantitative estimate of drug-likeness (QED) is 0.729. The monoisotopic (exact) mass is 328 g/mol. The van der Waals surface area contributed by atoms with Gasteiger partial charge in [0.15, 0.2) is 0 Å². The molecular formula is C18H24N4S. The zero-order chi connectivity index (χ0) is 16.0. The molecule has 23 heavy (non-hydrogen) atoms. The molecule has 122 valence electrons. The molecule has 0 N–H and O–H groups in total. The van der Waals surface area contributed by atoms with Crippen molar-refractivity contribution in [3.8, 4) is 0 Å². The molecule has 0 aromatic heterocycles. The highest BCUT2D eigenvalue weighted by Gasteiger charge is 2.34. The Morgan fingerprint density at radius 1 is 1.09 bits per heavy atom. The summed E-state index contributed by atoms with van der Waals surface area (Å²) >= 11 is 1.99. The summed E-state index contributed by atoms with van der Waals surface area (Å²) in [4.78, 5) is 12.4. The molecule has 1 fully saturated rings. The predicted octanol–water partition coefficient (Wildman–Crippen LogP) is 3.15. The summed E-state index contributed by atoms with van der Waals surface area (Å²) in [6.07, 6.45) is 1.11. The lowest BCUT2D eigenvalue weighted by atomic mass is 10.1. The van der Waals surface area contributed by atoms with E-state index < -0.39 is 0 Å². The van der Waals surface area contributed by atoms with Crippen LogP contribution in [0.5, 0.6) is 0 Å². The molecule has 0 aliphatic carbocycles. The second-order valence-corrected chi connectivity index (χ2v) is 8.12. The van der Waals surface area contributed by atoms with Crippen LogP contribution < -0.4 is 4.90 Å². The van der Waals surface area contributed by atoms with Gasteiger partial charge in [0, 0.05) is 44.0 Å². The fourth-order valence-corrected chi connectivity index (χ4v) is 4.76. The molecule has 1 unspecified atom stereocenters. The molecule has 0 bridgehead atoms. The van der Waals surface area contributed by atoms with Crippen molar-refractivity contribution in [3.63, 3.8) is 0 Å². The van der Waals surface area contributed by atoms with Gasteiger partial charge in [0.25, 0.3) is 0 Å². The van der Waals surface area contributed by atoms with E-state index >= 15 is 0 Å². The molecule has 3 aliphatic heterocycles. The number of hydrogen-bond acceptors (Lipinski definition) is 5. The van der Waals surface area contributed by atoms with Crippen molar-refractivity contribution in [2.75, 3.05) is 45.2 Å².